The number of hydrogen-bond acceptors (Lipinski definition) is 6. The number of hydrogen-bond donors (Lipinski definition) is 2. The summed E-state index contributed by atoms with van der Waals surface area (Å²) in [6.07, 6.45) is 0. The van der Waals surface area contributed by atoms with Crippen LogP contribution >= 0.6 is 0 Å². The van der Waals surface area contributed by atoms with E-state index < -0.39 is 23.6 Å². The molecule has 0 aliphatic rings. The van der Waals surface area contributed by atoms with E-state index in [1.807, 2.05) is 0 Å². The number of esters is 1. The lowest BCUT2D eigenvalue weighted by atomic mass is 10.1. The number of ether oxygens (including phenoxy) is 2. The van der Waals surface area contributed by atoms with E-state index in [0.717, 1.165) is 12.1 Å². The summed E-state index contributed by atoms with van der Waals surface area (Å²) in [5.41, 5.74) is 3.87. The van der Waals surface area contributed by atoms with Crippen LogP contribution in [0.5, 0.6) is 11.5 Å². The zero-order valence-electron chi connectivity index (χ0n) is 17.8. The molecule has 0 heterocycles. The largest absolute Gasteiger partial charge is 0.497 e. The molecule has 33 heavy (non-hydrogen) atoms. The topological polar surface area (TPSA) is 106 Å². The molecule has 0 atom stereocenters. The van der Waals surface area contributed by atoms with Crippen molar-refractivity contribution in [2.75, 3.05) is 12.4 Å². The first kappa shape index (κ1) is 23.1. The Morgan fingerprint density at radius 1 is 0.788 bits per heavy atom. The minimum absolute atomic E-state index is 0.275. The molecule has 0 saturated heterocycles. The average Bonchev–Trinajstić information content (AvgIpc) is 2.84. The molecule has 0 aliphatic carbocycles. The van der Waals surface area contributed by atoms with Crippen molar-refractivity contribution >= 4 is 29.2 Å². The van der Waals surface area contributed by atoms with Gasteiger partial charge in [0.2, 0.25) is 0 Å². The summed E-state index contributed by atoms with van der Waals surface area (Å²) in [6.45, 7) is 1.64. The molecular formula is C24H20FN3O5. The molecule has 3 rings (SSSR count). The highest BCUT2D eigenvalue weighted by atomic mass is 19.1. The van der Waals surface area contributed by atoms with Crippen molar-refractivity contribution in [3.63, 3.8) is 0 Å². The van der Waals surface area contributed by atoms with Gasteiger partial charge in [0.1, 0.15) is 17.3 Å². The van der Waals surface area contributed by atoms with E-state index in [0.29, 0.717) is 28.3 Å². The Bertz CT molecular complexity index is 1170. The van der Waals surface area contributed by atoms with Crippen LogP contribution in [0.4, 0.5) is 10.1 Å². The van der Waals surface area contributed by atoms with Gasteiger partial charge in [-0.05, 0) is 85.3 Å². The van der Waals surface area contributed by atoms with Gasteiger partial charge in [0.15, 0.2) is 0 Å². The normalized spacial score (nSPS) is 10.8. The van der Waals surface area contributed by atoms with E-state index in [2.05, 4.69) is 15.8 Å². The van der Waals surface area contributed by atoms with Gasteiger partial charge in [0.25, 0.3) is 0 Å². The number of anilines is 1. The fourth-order valence-corrected chi connectivity index (χ4v) is 2.63. The van der Waals surface area contributed by atoms with Crippen LogP contribution in [0.15, 0.2) is 77.9 Å². The second-order valence-electron chi connectivity index (χ2n) is 6.74. The molecular weight excluding hydrogens is 429 g/mol. The van der Waals surface area contributed by atoms with Crippen LogP contribution in [-0.4, -0.2) is 30.6 Å². The van der Waals surface area contributed by atoms with Gasteiger partial charge in [-0.2, -0.15) is 5.10 Å². The van der Waals surface area contributed by atoms with Gasteiger partial charge in [0.05, 0.1) is 18.4 Å². The Hall–Kier alpha value is -4.53. The smallest absolute Gasteiger partial charge is 0.343 e. The molecule has 0 fully saturated rings. The van der Waals surface area contributed by atoms with E-state index in [-0.39, 0.29) is 5.69 Å². The van der Waals surface area contributed by atoms with Crippen LogP contribution in [0, 0.1) is 5.82 Å². The minimum Gasteiger partial charge on any atom is -0.497 e. The van der Waals surface area contributed by atoms with E-state index in [1.165, 1.54) is 19.2 Å². The zero-order valence-corrected chi connectivity index (χ0v) is 17.8. The number of hydrazone groups is 1. The number of methoxy groups -OCH3 is 1. The highest BCUT2D eigenvalue weighted by Crippen LogP contribution is 2.17. The lowest BCUT2D eigenvalue weighted by molar-refractivity contribution is -0.136. The number of carbonyl (C=O) groups is 3. The van der Waals surface area contributed by atoms with Crippen molar-refractivity contribution in [3.8, 4) is 11.5 Å². The van der Waals surface area contributed by atoms with Gasteiger partial charge in [0, 0.05) is 5.69 Å². The number of rotatable bonds is 6. The third-order valence-electron chi connectivity index (χ3n) is 4.44. The van der Waals surface area contributed by atoms with Gasteiger partial charge in [-0.25, -0.2) is 14.6 Å². The van der Waals surface area contributed by atoms with Gasteiger partial charge in [-0.15, -0.1) is 0 Å². The van der Waals surface area contributed by atoms with Crippen LogP contribution in [0.25, 0.3) is 0 Å². The summed E-state index contributed by atoms with van der Waals surface area (Å²) in [5, 5.41) is 6.24. The molecule has 0 unspecified atom stereocenters. The number of nitrogens with zero attached hydrogens (tertiary/aromatic N) is 1. The van der Waals surface area contributed by atoms with Crippen molar-refractivity contribution in [1.82, 2.24) is 5.43 Å². The van der Waals surface area contributed by atoms with E-state index in [4.69, 9.17) is 9.47 Å². The Labute approximate surface area is 189 Å². The van der Waals surface area contributed by atoms with Crippen LogP contribution < -0.4 is 20.2 Å². The summed E-state index contributed by atoms with van der Waals surface area (Å²) in [5.74, 6) is -1.95. The Morgan fingerprint density at radius 3 is 1.97 bits per heavy atom. The minimum atomic E-state index is -0.983. The number of carbonyl (C=O) groups excluding carboxylic acids is 3. The fraction of sp³-hybridized carbons (Fsp3) is 0.0833. The summed E-state index contributed by atoms with van der Waals surface area (Å²) < 4.78 is 23.3. The molecule has 2 N–H and O–H groups in total. The maximum Gasteiger partial charge on any atom is 0.343 e. The molecule has 168 valence electrons. The molecule has 0 radical (unpaired) electrons. The van der Waals surface area contributed by atoms with Crippen LogP contribution in [0.1, 0.15) is 22.8 Å². The predicted molar refractivity (Wildman–Crippen MR) is 120 cm³/mol. The predicted octanol–water partition coefficient (Wildman–Crippen LogP) is 3.53. The summed E-state index contributed by atoms with van der Waals surface area (Å²) >= 11 is 0. The molecule has 3 aromatic carbocycles. The second-order valence-corrected chi connectivity index (χ2v) is 6.74. The molecule has 8 nitrogen and oxygen atoms in total. The molecule has 0 spiro atoms. The number of amides is 2. The summed E-state index contributed by atoms with van der Waals surface area (Å²) in [7, 11) is 1.54. The molecule has 3 aromatic rings. The van der Waals surface area contributed by atoms with Crippen LogP contribution in [-0.2, 0) is 9.59 Å². The molecule has 0 aromatic heterocycles. The molecule has 2 amide bonds. The van der Waals surface area contributed by atoms with Crippen molar-refractivity contribution in [2.24, 2.45) is 5.10 Å². The number of benzene rings is 3. The quantitative estimate of drug-likeness (QED) is 0.197. The lowest BCUT2D eigenvalue weighted by Crippen LogP contribution is -2.32. The lowest BCUT2D eigenvalue weighted by Gasteiger charge is -2.07. The number of nitrogens with one attached hydrogen (secondary N) is 2. The van der Waals surface area contributed by atoms with E-state index in [1.54, 1.807) is 55.5 Å². The SMILES string of the molecule is COc1ccc(C(=O)Oc2ccc(/C(C)=N/NC(=O)C(=O)Nc3ccc(F)cc3)cc2)cc1. The Morgan fingerprint density at radius 2 is 1.36 bits per heavy atom. The average molecular weight is 449 g/mol. The highest BCUT2D eigenvalue weighted by Gasteiger charge is 2.14. The Balaban J connectivity index is 1.55. The number of halogens is 1. The molecule has 0 bridgehead atoms. The first-order chi connectivity index (χ1) is 15.9. The first-order valence-electron chi connectivity index (χ1n) is 9.73. The standard InChI is InChI=1S/C24H20FN3O5/c1-15(27-28-23(30)22(29)26-19-9-7-18(25)8-10-19)16-3-13-21(14-4-16)33-24(31)17-5-11-20(32-2)12-6-17/h3-14H,1-2H3,(H,26,29)(H,28,30)/b27-15+. The monoisotopic (exact) mass is 449 g/mol. The highest BCUT2D eigenvalue weighted by molar-refractivity contribution is 6.39. The third-order valence-corrected chi connectivity index (χ3v) is 4.44. The van der Waals surface area contributed by atoms with Crippen molar-refractivity contribution in [1.29, 1.82) is 0 Å². The maximum atomic E-state index is 12.9. The van der Waals surface area contributed by atoms with Crippen molar-refractivity contribution in [2.45, 2.75) is 6.92 Å². The van der Waals surface area contributed by atoms with Gasteiger partial charge in [-0.1, -0.05) is 0 Å². The molecule has 0 aliphatic heterocycles. The Kier molecular flexibility index (Phi) is 7.48. The fourth-order valence-electron chi connectivity index (χ4n) is 2.63. The van der Waals surface area contributed by atoms with E-state index in [9.17, 15) is 18.8 Å². The van der Waals surface area contributed by atoms with E-state index >= 15 is 0 Å². The van der Waals surface area contributed by atoms with Gasteiger partial charge < -0.3 is 14.8 Å². The molecule has 9 heteroatoms. The summed E-state index contributed by atoms with van der Waals surface area (Å²) in [4.78, 5) is 36.1. The van der Waals surface area contributed by atoms with Crippen molar-refractivity contribution in [3.05, 3.63) is 89.7 Å². The molecule has 0 saturated carbocycles. The second kappa shape index (κ2) is 10.7. The van der Waals surface area contributed by atoms with Crippen LogP contribution in [0.3, 0.4) is 0 Å². The van der Waals surface area contributed by atoms with Crippen LogP contribution in [0.2, 0.25) is 0 Å². The zero-order chi connectivity index (χ0) is 23.8. The third kappa shape index (κ3) is 6.47. The maximum absolute atomic E-state index is 12.9. The van der Waals surface area contributed by atoms with Crippen molar-refractivity contribution < 1.29 is 28.2 Å². The summed E-state index contributed by atoms with van der Waals surface area (Å²) in [6, 6.07) is 18.0. The first-order valence-corrected chi connectivity index (χ1v) is 9.73. The van der Waals surface area contributed by atoms with Gasteiger partial charge in [-0.3, -0.25) is 9.59 Å². The van der Waals surface area contributed by atoms with Gasteiger partial charge >= 0.3 is 17.8 Å².